The Hall–Kier alpha value is -2.81. The van der Waals surface area contributed by atoms with Gasteiger partial charge in [0, 0.05) is 35.2 Å². The highest BCUT2D eigenvalue weighted by Gasteiger charge is 2.23. The van der Waals surface area contributed by atoms with E-state index in [1.54, 1.807) is 0 Å². The molecule has 0 saturated heterocycles. The summed E-state index contributed by atoms with van der Waals surface area (Å²) in [7, 11) is 0. The predicted molar refractivity (Wildman–Crippen MR) is 114 cm³/mol. The second-order valence-electron chi connectivity index (χ2n) is 8.29. The Kier molecular flexibility index (Phi) is 4.31. The van der Waals surface area contributed by atoms with Gasteiger partial charge in [-0.15, -0.1) is 0 Å². The smallest absolute Gasteiger partial charge is 0.254 e. The highest BCUT2D eigenvalue weighted by atomic mass is 16.2. The van der Waals surface area contributed by atoms with Gasteiger partial charge in [-0.05, 0) is 66.5 Å². The minimum atomic E-state index is 0.143. The van der Waals surface area contributed by atoms with Crippen LogP contribution in [-0.2, 0) is 12.8 Å². The Labute approximate surface area is 166 Å². The van der Waals surface area contributed by atoms with Gasteiger partial charge in [0.1, 0.15) is 0 Å². The first-order chi connectivity index (χ1) is 13.7. The molecular weight excluding hydrogens is 344 g/mol. The number of nitrogens with one attached hydrogen (secondary N) is 1. The minimum Gasteiger partial charge on any atom is -0.358 e. The lowest BCUT2D eigenvalue weighted by atomic mass is 9.87. The van der Waals surface area contributed by atoms with Crippen molar-refractivity contribution in [3.8, 4) is 0 Å². The molecule has 3 nitrogen and oxygen atoms in total. The summed E-state index contributed by atoms with van der Waals surface area (Å²) in [5.74, 6) is 0.860. The first-order valence-electron chi connectivity index (χ1n) is 10.4. The van der Waals surface area contributed by atoms with Crippen molar-refractivity contribution >= 4 is 22.4 Å². The van der Waals surface area contributed by atoms with Crippen LogP contribution in [0.3, 0.4) is 0 Å². The molecule has 3 heteroatoms. The Morgan fingerprint density at radius 2 is 1.96 bits per heavy atom. The molecule has 0 saturated carbocycles. The summed E-state index contributed by atoms with van der Waals surface area (Å²) >= 11 is 0. The van der Waals surface area contributed by atoms with E-state index < -0.39 is 0 Å². The van der Waals surface area contributed by atoms with Crippen molar-refractivity contribution < 1.29 is 4.79 Å². The van der Waals surface area contributed by atoms with Gasteiger partial charge in [-0.3, -0.25) is 4.79 Å². The molecule has 1 N–H and O–H groups in total. The maximum Gasteiger partial charge on any atom is 0.254 e. The monoisotopic (exact) mass is 370 g/mol. The van der Waals surface area contributed by atoms with Crippen LogP contribution in [0.1, 0.15) is 46.9 Å². The van der Waals surface area contributed by atoms with E-state index in [1.807, 2.05) is 17.0 Å². The van der Waals surface area contributed by atoms with Crippen LogP contribution in [0, 0.1) is 5.92 Å². The van der Waals surface area contributed by atoms with E-state index in [9.17, 15) is 4.79 Å². The average Bonchev–Trinajstić information content (AvgIpc) is 3.11. The van der Waals surface area contributed by atoms with Crippen LogP contribution >= 0.6 is 0 Å². The van der Waals surface area contributed by atoms with Gasteiger partial charge in [-0.1, -0.05) is 43.3 Å². The molecule has 0 spiro atoms. The third kappa shape index (κ3) is 3.05. The molecule has 5 rings (SSSR count). The zero-order chi connectivity index (χ0) is 19.1. The third-order valence-corrected chi connectivity index (χ3v) is 6.32. The molecule has 142 valence electrons. The SMILES string of the molecule is CC1CCc2[nH]c3ccc(C(=O)N4CC=C(c5ccccc5)CC4)cc3c2C1. The molecule has 0 fully saturated rings. The highest BCUT2D eigenvalue weighted by Crippen LogP contribution is 2.32. The van der Waals surface area contributed by atoms with Crippen LogP contribution < -0.4 is 0 Å². The van der Waals surface area contributed by atoms with E-state index in [0.717, 1.165) is 37.3 Å². The van der Waals surface area contributed by atoms with Crippen molar-refractivity contribution in [2.75, 3.05) is 13.1 Å². The normalized spacial score (nSPS) is 19.4. The van der Waals surface area contributed by atoms with Crippen LogP contribution in [0.2, 0.25) is 0 Å². The molecular formula is C25H26N2O. The molecule has 1 aliphatic carbocycles. The van der Waals surface area contributed by atoms with E-state index in [-0.39, 0.29) is 5.91 Å². The fraction of sp³-hybridized carbons (Fsp3) is 0.320. The van der Waals surface area contributed by atoms with Gasteiger partial charge < -0.3 is 9.88 Å². The van der Waals surface area contributed by atoms with Gasteiger partial charge in [-0.2, -0.15) is 0 Å². The number of H-pyrrole nitrogens is 1. The summed E-state index contributed by atoms with van der Waals surface area (Å²) in [4.78, 5) is 18.7. The van der Waals surface area contributed by atoms with Crippen molar-refractivity contribution in [1.82, 2.24) is 9.88 Å². The van der Waals surface area contributed by atoms with Gasteiger partial charge in [-0.25, -0.2) is 0 Å². The molecule has 1 aliphatic heterocycles. The quantitative estimate of drug-likeness (QED) is 0.659. The Balaban J connectivity index is 1.39. The summed E-state index contributed by atoms with van der Waals surface area (Å²) < 4.78 is 0. The van der Waals surface area contributed by atoms with Crippen LogP contribution in [-0.4, -0.2) is 28.9 Å². The van der Waals surface area contributed by atoms with Gasteiger partial charge in [0.2, 0.25) is 0 Å². The molecule has 2 heterocycles. The molecule has 28 heavy (non-hydrogen) atoms. The lowest BCUT2D eigenvalue weighted by molar-refractivity contribution is 0.0773. The highest BCUT2D eigenvalue weighted by molar-refractivity contribution is 5.99. The first-order valence-corrected chi connectivity index (χ1v) is 10.4. The molecule has 1 atom stereocenters. The zero-order valence-electron chi connectivity index (χ0n) is 16.4. The molecule has 0 radical (unpaired) electrons. The van der Waals surface area contributed by atoms with Crippen molar-refractivity contribution in [1.29, 1.82) is 0 Å². The van der Waals surface area contributed by atoms with Gasteiger partial charge >= 0.3 is 0 Å². The Morgan fingerprint density at radius 1 is 1.11 bits per heavy atom. The standard InChI is InChI=1S/C25H26N2O/c1-17-7-9-23-21(15-17)22-16-20(8-10-24(22)26-23)25(28)27-13-11-19(12-14-27)18-5-3-2-4-6-18/h2-6,8,10-11,16-17,26H,7,9,12-15H2,1H3. The number of hydrogen-bond acceptors (Lipinski definition) is 1. The topological polar surface area (TPSA) is 36.1 Å². The molecule has 1 unspecified atom stereocenters. The number of nitrogens with zero attached hydrogens (tertiary/aromatic N) is 1. The molecule has 1 aromatic heterocycles. The van der Waals surface area contributed by atoms with Crippen molar-refractivity contribution in [3.05, 3.63) is 77.0 Å². The molecule has 0 bridgehead atoms. The maximum absolute atomic E-state index is 13.1. The molecule has 1 amide bonds. The maximum atomic E-state index is 13.1. The fourth-order valence-electron chi connectivity index (χ4n) is 4.67. The number of amides is 1. The Bertz CT molecular complexity index is 1060. The van der Waals surface area contributed by atoms with Crippen molar-refractivity contribution in [2.24, 2.45) is 5.92 Å². The van der Waals surface area contributed by atoms with Crippen LogP contribution in [0.5, 0.6) is 0 Å². The summed E-state index contributed by atoms with van der Waals surface area (Å²) in [6, 6.07) is 16.7. The van der Waals surface area contributed by atoms with E-state index in [0.29, 0.717) is 6.54 Å². The van der Waals surface area contributed by atoms with Crippen LogP contribution in [0.4, 0.5) is 0 Å². The molecule has 2 aliphatic rings. The second-order valence-corrected chi connectivity index (χ2v) is 8.29. The third-order valence-electron chi connectivity index (χ3n) is 6.32. The zero-order valence-corrected chi connectivity index (χ0v) is 16.4. The number of aryl methyl sites for hydroxylation is 1. The van der Waals surface area contributed by atoms with E-state index in [1.165, 1.54) is 39.7 Å². The van der Waals surface area contributed by atoms with Gasteiger partial charge in [0.25, 0.3) is 5.91 Å². The minimum absolute atomic E-state index is 0.143. The number of aromatic nitrogens is 1. The number of aromatic amines is 1. The number of fused-ring (bicyclic) bond motifs is 3. The van der Waals surface area contributed by atoms with E-state index >= 15 is 0 Å². The number of hydrogen-bond donors (Lipinski definition) is 1. The summed E-state index contributed by atoms with van der Waals surface area (Å²) in [5, 5.41) is 1.24. The lowest BCUT2D eigenvalue weighted by Crippen LogP contribution is -2.34. The van der Waals surface area contributed by atoms with E-state index in [2.05, 4.69) is 54.4 Å². The largest absolute Gasteiger partial charge is 0.358 e. The number of carbonyl (C=O) groups is 1. The van der Waals surface area contributed by atoms with Crippen molar-refractivity contribution in [3.63, 3.8) is 0 Å². The van der Waals surface area contributed by atoms with Crippen molar-refractivity contribution in [2.45, 2.75) is 32.6 Å². The average molecular weight is 370 g/mol. The van der Waals surface area contributed by atoms with Crippen LogP contribution in [0.15, 0.2) is 54.6 Å². The van der Waals surface area contributed by atoms with Crippen LogP contribution in [0.25, 0.3) is 16.5 Å². The summed E-state index contributed by atoms with van der Waals surface area (Å²) in [6.45, 7) is 3.78. The predicted octanol–water partition coefficient (Wildman–Crippen LogP) is 5.22. The molecule has 3 aromatic rings. The van der Waals surface area contributed by atoms with Gasteiger partial charge in [0.05, 0.1) is 0 Å². The fourth-order valence-corrected chi connectivity index (χ4v) is 4.67. The lowest BCUT2D eigenvalue weighted by Gasteiger charge is -2.27. The number of rotatable bonds is 2. The number of benzene rings is 2. The van der Waals surface area contributed by atoms with Gasteiger partial charge in [0.15, 0.2) is 0 Å². The number of carbonyl (C=O) groups excluding carboxylic acids is 1. The second kappa shape index (κ2) is 6.97. The first kappa shape index (κ1) is 17.3. The summed E-state index contributed by atoms with van der Waals surface area (Å²) in [6.07, 6.45) is 6.59. The molecule has 2 aromatic carbocycles. The van der Waals surface area contributed by atoms with E-state index in [4.69, 9.17) is 0 Å². The summed E-state index contributed by atoms with van der Waals surface area (Å²) in [5.41, 5.74) is 7.38. The Morgan fingerprint density at radius 3 is 2.75 bits per heavy atom.